The molecule has 0 aromatic heterocycles. The van der Waals surface area contributed by atoms with E-state index >= 15 is 0 Å². The lowest BCUT2D eigenvalue weighted by Gasteiger charge is -2.40. The molecule has 0 radical (unpaired) electrons. The van der Waals surface area contributed by atoms with Gasteiger partial charge in [0.1, 0.15) is 0 Å². The van der Waals surface area contributed by atoms with Crippen LogP contribution in [-0.4, -0.2) is 34.6 Å². The van der Waals surface area contributed by atoms with Gasteiger partial charge in [0.2, 0.25) is 0 Å². The average molecular weight is 213 g/mol. The summed E-state index contributed by atoms with van der Waals surface area (Å²) >= 11 is 0. The molecule has 0 amide bonds. The standard InChI is InChI=1S/C11H23N3O/c1-3-9(4-2)14-8-6-5-7-10(14)11(12)13-15/h9-10,15H,3-8H2,1-2H3,(H2,12,13). The first-order valence-electron chi connectivity index (χ1n) is 5.97. The van der Waals surface area contributed by atoms with Gasteiger partial charge >= 0.3 is 0 Å². The average Bonchev–Trinajstić information content (AvgIpc) is 2.30. The lowest BCUT2D eigenvalue weighted by molar-refractivity contribution is 0.122. The van der Waals surface area contributed by atoms with Crippen molar-refractivity contribution in [2.45, 2.75) is 58.0 Å². The molecular formula is C11H23N3O. The third-order valence-electron chi connectivity index (χ3n) is 3.41. The number of hydrogen-bond donors (Lipinski definition) is 2. The monoisotopic (exact) mass is 213 g/mol. The molecule has 0 bridgehead atoms. The first-order chi connectivity index (χ1) is 7.24. The second-order valence-corrected chi connectivity index (χ2v) is 4.24. The fourth-order valence-corrected chi connectivity index (χ4v) is 2.53. The Bertz CT molecular complexity index is 214. The molecule has 1 unspecified atom stereocenters. The summed E-state index contributed by atoms with van der Waals surface area (Å²) < 4.78 is 0. The molecule has 1 aliphatic rings. The van der Waals surface area contributed by atoms with Crippen molar-refractivity contribution < 1.29 is 5.21 Å². The molecule has 1 fully saturated rings. The van der Waals surface area contributed by atoms with Crippen molar-refractivity contribution in [3.05, 3.63) is 0 Å². The van der Waals surface area contributed by atoms with Gasteiger partial charge in [-0.2, -0.15) is 0 Å². The number of piperidine rings is 1. The van der Waals surface area contributed by atoms with Gasteiger partial charge in [-0.3, -0.25) is 4.90 Å². The second kappa shape index (κ2) is 5.95. The predicted octanol–water partition coefficient (Wildman–Crippen LogP) is 1.78. The highest BCUT2D eigenvalue weighted by Crippen LogP contribution is 2.22. The highest BCUT2D eigenvalue weighted by molar-refractivity contribution is 5.85. The van der Waals surface area contributed by atoms with Crippen LogP contribution in [0.3, 0.4) is 0 Å². The minimum atomic E-state index is 0.147. The number of oxime groups is 1. The molecule has 0 aromatic carbocycles. The lowest BCUT2D eigenvalue weighted by atomic mass is 9.97. The molecule has 15 heavy (non-hydrogen) atoms. The van der Waals surface area contributed by atoms with E-state index in [-0.39, 0.29) is 6.04 Å². The molecule has 1 rings (SSSR count). The number of nitrogens with zero attached hydrogens (tertiary/aromatic N) is 2. The summed E-state index contributed by atoms with van der Waals surface area (Å²) in [5, 5.41) is 11.9. The van der Waals surface area contributed by atoms with E-state index < -0.39 is 0 Å². The van der Waals surface area contributed by atoms with E-state index in [0.717, 1.165) is 25.8 Å². The van der Waals surface area contributed by atoms with Crippen LogP contribution in [0.5, 0.6) is 0 Å². The zero-order chi connectivity index (χ0) is 11.3. The Kier molecular flexibility index (Phi) is 4.88. The molecule has 0 spiro atoms. The van der Waals surface area contributed by atoms with Crippen molar-refractivity contribution in [1.29, 1.82) is 0 Å². The van der Waals surface area contributed by atoms with Crippen LogP contribution >= 0.6 is 0 Å². The van der Waals surface area contributed by atoms with Gasteiger partial charge in [-0.25, -0.2) is 0 Å². The summed E-state index contributed by atoms with van der Waals surface area (Å²) in [6, 6.07) is 0.712. The number of amidine groups is 1. The van der Waals surface area contributed by atoms with Gasteiger partial charge in [0.05, 0.1) is 6.04 Å². The Morgan fingerprint density at radius 1 is 1.47 bits per heavy atom. The molecule has 1 heterocycles. The van der Waals surface area contributed by atoms with Crippen LogP contribution in [0.2, 0.25) is 0 Å². The Labute approximate surface area is 92.1 Å². The summed E-state index contributed by atoms with van der Waals surface area (Å²) in [4.78, 5) is 2.40. The van der Waals surface area contributed by atoms with Gasteiger partial charge in [-0.05, 0) is 32.2 Å². The summed E-state index contributed by atoms with van der Waals surface area (Å²) in [7, 11) is 0. The molecular weight excluding hydrogens is 190 g/mol. The van der Waals surface area contributed by atoms with E-state index in [4.69, 9.17) is 10.9 Å². The van der Waals surface area contributed by atoms with Crippen molar-refractivity contribution in [2.24, 2.45) is 10.9 Å². The molecule has 0 saturated carbocycles. The van der Waals surface area contributed by atoms with Crippen LogP contribution in [0.1, 0.15) is 46.0 Å². The predicted molar refractivity (Wildman–Crippen MR) is 62.1 cm³/mol. The fraction of sp³-hybridized carbons (Fsp3) is 0.909. The zero-order valence-electron chi connectivity index (χ0n) is 9.82. The van der Waals surface area contributed by atoms with Gasteiger partial charge in [-0.15, -0.1) is 0 Å². The van der Waals surface area contributed by atoms with Crippen molar-refractivity contribution in [3.8, 4) is 0 Å². The zero-order valence-corrected chi connectivity index (χ0v) is 9.82. The van der Waals surface area contributed by atoms with Crippen molar-refractivity contribution in [2.75, 3.05) is 6.54 Å². The van der Waals surface area contributed by atoms with Crippen LogP contribution in [0, 0.1) is 0 Å². The van der Waals surface area contributed by atoms with Crippen LogP contribution in [0.25, 0.3) is 0 Å². The van der Waals surface area contributed by atoms with Gasteiger partial charge < -0.3 is 10.9 Å². The molecule has 1 atom stereocenters. The first-order valence-corrected chi connectivity index (χ1v) is 5.97. The molecule has 0 aliphatic carbocycles. The summed E-state index contributed by atoms with van der Waals surface area (Å²) in [6.45, 7) is 5.48. The molecule has 3 N–H and O–H groups in total. The number of likely N-dealkylation sites (tertiary alicyclic amines) is 1. The Hall–Kier alpha value is -0.770. The van der Waals surface area contributed by atoms with Crippen molar-refractivity contribution >= 4 is 5.84 Å². The maximum Gasteiger partial charge on any atom is 0.156 e. The molecule has 1 aliphatic heterocycles. The minimum Gasteiger partial charge on any atom is -0.409 e. The highest BCUT2D eigenvalue weighted by atomic mass is 16.4. The van der Waals surface area contributed by atoms with Crippen LogP contribution in [-0.2, 0) is 0 Å². The van der Waals surface area contributed by atoms with Gasteiger partial charge in [0, 0.05) is 6.04 Å². The van der Waals surface area contributed by atoms with E-state index in [1.165, 1.54) is 12.8 Å². The summed E-state index contributed by atoms with van der Waals surface area (Å²) in [6.07, 6.45) is 5.69. The van der Waals surface area contributed by atoms with E-state index in [9.17, 15) is 0 Å². The topological polar surface area (TPSA) is 61.8 Å². The Balaban J connectivity index is 2.72. The second-order valence-electron chi connectivity index (χ2n) is 4.24. The third-order valence-corrected chi connectivity index (χ3v) is 3.41. The first kappa shape index (κ1) is 12.3. The van der Waals surface area contributed by atoms with Crippen LogP contribution in [0.4, 0.5) is 0 Å². The maximum atomic E-state index is 8.77. The van der Waals surface area contributed by atoms with Gasteiger partial charge in [-0.1, -0.05) is 25.4 Å². The number of nitrogens with two attached hydrogens (primary N) is 1. The van der Waals surface area contributed by atoms with E-state index in [0.29, 0.717) is 11.9 Å². The number of hydrogen-bond acceptors (Lipinski definition) is 3. The quantitative estimate of drug-likeness (QED) is 0.324. The Morgan fingerprint density at radius 3 is 2.67 bits per heavy atom. The smallest absolute Gasteiger partial charge is 0.156 e. The molecule has 1 saturated heterocycles. The summed E-state index contributed by atoms with van der Waals surface area (Å²) in [5.41, 5.74) is 5.74. The lowest BCUT2D eigenvalue weighted by Crippen LogP contribution is -2.52. The van der Waals surface area contributed by atoms with Crippen LogP contribution < -0.4 is 5.73 Å². The van der Waals surface area contributed by atoms with E-state index in [1.54, 1.807) is 0 Å². The number of rotatable bonds is 4. The molecule has 4 nitrogen and oxygen atoms in total. The van der Waals surface area contributed by atoms with Crippen molar-refractivity contribution in [3.63, 3.8) is 0 Å². The normalized spacial score (nSPS) is 24.7. The molecule has 4 heteroatoms. The largest absolute Gasteiger partial charge is 0.409 e. The van der Waals surface area contributed by atoms with Crippen LogP contribution in [0.15, 0.2) is 5.16 Å². The van der Waals surface area contributed by atoms with Crippen molar-refractivity contribution in [1.82, 2.24) is 4.90 Å². The summed E-state index contributed by atoms with van der Waals surface area (Å²) in [5.74, 6) is 0.376. The van der Waals surface area contributed by atoms with Gasteiger partial charge in [0.25, 0.3) is 0 Å². The highest BCUT2D eigenvalue weighted by Gasteiger charge is 2.29. The maximum absolute atomic E-state index is 8.77. The Morgan fingerprint density at radius 2 is 2.13 bits per heavy atom. The fourth-order valence-electron chi connectivity index (χ4n) is 2.53. The minimum absolute atomic E-state index is 0.147. The third kappa shape index (κ3) is 2.84. The van der Waals surface area contributed by atoms with E-state index in [2.05, 4.69) is 23.9 Å². The van der Waals surface area contributed by atoms with E-state index in [1.807, 2.05) is 0 Å². The SMILES string of the molecule is CCC(CC)N1CCCCC1C(N)=NO. The molecule has 88 valence electrons. The molecule has 0 aromatic rings. The van der Waals surface area contributed by atoms with Gasteiger partial charge in [0.15, 0.2) is 5.84 Å².